The first-order chi connectivity index (χ1) is 12.0. The molecule has 3 aromatic rings. The summed E-state index contributed by atoms with van der Waals surface area (Å²) >= 11 is 0. The molecule has 1 aromatic carbocycles. The predicted molar refractivity (Wildman–Crippen MR) is 101 cm³/mol. The maximum Gasteiger partial charge on any atom is 0.292 e. The lowest BCUT2D eigenvalue weighted by Crippen LogP contribution is -2.17. The molecule has 0 amide bonds. The zero-order valence-corrected chi connectivity index (χ0v) is 15.2. The first-order valence-corrected chi connectivity index (χ1v) is 8.47. The van der Waals surface area contributed by atoms with Gasteiger partial charge in [0, 0.05) is 25.4 Å². The van der Waals surface area contributed by atoms with E-state index in [0.717, 1.165) is 47.4 Å². The van der Waals surface area contributed by atoms with Gasteiger partial charge in [-0.05, 0) is 37.1 Å². The lowest BCUT2D eigenvalue weighted by molar-refractivity contribution is 0.405. The third-order valence-corrected chi connectivity index (χ3v) is 4.51. The number of nitrogens with two attached hydrogens (primary N) is 1. The number of rotatable bonds is 5. The minimum atomic E-state index is -0.163. The second-order valence-electron chi connectivity index (χ2n) is 6.31. The monoisotopic (exact) mass is 340 g/mol. The quantitative estimate of drug-likeness (QED) is 0.724. The lowest BCUT2D eigenvalue weighted by Gasteiger charge is -2.10. The Morgan fingerprint density at radius 2 is 2.00 bits per heavy atom. The number of benzene rings is 1. The van der Waals surface area contributed by atoms with Crippen molar-refractivity contribution in [3.05, 3.63) is 40.6 Å². The smallest absolute Gasteiger partial charge is 0.292 e. The summed E-state index contributed by atoms with van der Waals surface area (Å²) in [5.41, 5.74) is 10.4. The molecule has 0 saturated carbocycles. The normalized spacial score (nSPS) is 11.2. The standard InChI is InChI=1S/C19H24N4O2/c1-5-6-7-23-12(2)21-18-15(20)8-13(9-16(18)23)14-10-17(25-4)19(24)22(3)11-14/h8-11H,5-7,20H2,1-4H3. The van der Waals surface area contributed by atoms with Crippen LogP contribution in [0.4, 0.5) is 5.69 Å². The van der Waals surface area contributed by atoms with Crippen LogP contribution in [-0.2, 0) is 13.6 Å². The Kier molecular flexibility index (Phi) is 4.53. The van der Waals surface area contributed by atoms with Crippen LogP contribution in [0.1, 0.15) is 25.6 Å². The van der Waals surface area contributed by atoms with Crippen LogP contribution in [0.25, 0.3) is 22.2 Å². The highest BCUT2D eigenvalue weighted by Gasteiger charge is 2.14. The topological polar surface area (TPSA) is 75.1 Å². The number of nitrogens with zero attached hydrogens (tertiary/aromatic N) is 3. The fourth-order valence-electron chi connectivity index (χ4n) is 3.12. The molecular formula is C19H24N4O2. The first kappa shape index (κ1) is 17.1. The van der Waals surface area contributed by atoms with E-state index in [9.17, 15) is 4.79 Å². The molecule has 0 saturated heterocycles. The van der Waals surface area contributed by atoms with Gasteiger partial charge in [0.1, 0.15) is 11.3 Å². The number of fused-ring (bicyclic) bond motifs is 1. The zero-order chi connectivity index (χ0) is 18.1. The van der Waals surface area contributed by atoms with E-state index in [1.165, 1.54) is 11.7 Å². The number of methoxy groups -OCH3 is 1. The van der Waals surface area contributed by atoms with Crippen LogP contribution in [0.15, 0.2) is 29.2 Å². The summed E-state index contributed by atoms with van der Waals surface area (Å²) in [6.45, 7) is 5.09. The van der Waals surface area contributed by atoms with E-state index in [-0.39, 0.29) is 5.56 Å². The molecule has 25 heavy (non-hydrogen) atoms. The largest absolute Gasteiger partial charge is 0.491 e. The Bertz CT molecular complexity index is 985. The Hall–Kier alpha value is -2.76. The Labute approximate surface area is 146 Å². The zero-order valence-electron chi connectivity index (χ0n) is 15.2. The van der Waals surface area contributed by atoms with E-state index in [0.29, 0.717) is 11.4 Å². The summed E-state index contributed by atoms with van der Waals surface area (Å²) in [6, 6.07) is 5.74. The van der Waals surface area contributed by atoms with E-state index in [4.69, 9.17) is 10.5 Å². The third kappa shape index (κ3) is 2.99. The molecule has 0 aliphatic heterocycles. The van der Waals surface area contributed by atoms with E-state index in [1.807, 2.05) is 13.0 Å². The van der Waals surface area contributed by atoms with Gasteiger partial charge in [-0.15, -0.1) is 0 Å². The number of pyridine rings is 1. The van der Waals surface area contributed by atoms with Gasteiger partial charge in [-0.25, -0.2) is 4.98 Å². The maximum atomic E-state index is 12.0. The van der Waals surface area contributed by atoms with Gasteiger partial charge in [0.05, 0.1) is 18.3 Å². The maximum absolute atomic E-state index is 12.0. The number of unbranched alkanes of at least 4 members (excludes halogenated alkanes) is 1. The fourth-order valence-corrected chi connectivity index (χ4v) is 3.12. The van der Waals surface area contributed by atoms with Crippen molar-refractivity contribution < 1.29 is 4.74 Å². The molecule has 2 N–H and O–H groups in total. The number of aryl methyl sites for hydroxylation is 3. The van der Waals surface area contributed by atoms with Crippen LogP contribution < -0.4 is 16.0 Å². The second kappa shape index (κ2) is 6.63. The molecule has 0 unspecified atom stereocenters. The van der Waals surface area contributed by atoms with Gasteiger partial charge < -0.3 is 19.6 Å². The summed E-state index contributed by atoms with van der Waals surface area (Å²) in [5, 5.41) is 0. The summed E-state index contributed by atoms with van der Waals surface area (Å²) in [6.07, 6.45) is 4.00. The Morgan fingerprint density at radius 3 is 2.68 bits per heavy atom. The summed E-state index contributed by atoms with van der Waals surface area (Å²) in [4.78, 5) is 16.7. The third-order valence-electron chi connectivity index (χ3n) is 4.51. The molecule has 0 atom stereocenters. The minimum Gasteiger partial charge on any atom is -0.491 e. The van der Waals surface area contributed by atoms with Gasteiger partial charge in [-0.2, -0.15) is 0 Å². The molecule has 132 valence electrons. The van der Waals surface area contributed by atoms with E-state index in [1.54, 1.807) is 19.3 Å². The van der Waals surface area contributed by atoms with Gasteiger partial charge in [0.2, 0.25) is 0 Å². The van der Waals surface area contributed by atoms with Crippen molar-refractivity contribution in [2.75, 3.05) is 12.8 Å². The highest BCUT2D eigenvalue weighted by molar-refractivity contribution is 5.92. The minimum absolute atomic E-state index is 0.163. The van der Waals surface area contributed by atoms with Crippen LogP contribution in [0, 0.1) is 6.92 Å². The van der Waals surface area contributed by atoms with Gasteiger partial charge >= 0.3 is 0 Å². The van der Waals surface area contributed by atoms with E-state index < -0.39 is 0 Å². The molecule has 6 heteroatoms. The van der Waals surface area contributed by atoms with Crippen molar-refractivity contribution in [3.8, 4) is 16.9 Å². The molecule has 0 bridgehead atoms. The number of aromatic nitrogens is 3. The van der Waals surface area contributed by atoms with Crippen LogP contribution >= 0.6 is 0 Å². The van der Waals surface area contributed by atoms with Gasteiger partial charge in [-0.1, -0.05) is 13.3 Å². The van der Waals surface area contributed by atoms with Crippen LogP contribution in [0.5, 0.6) is 5.75 Å². The van der Waals surface area contributed by atoms with Crippen LogP contribution in [0.3, 0.4) is 0 Å². The second-order valence-corrected chi connectivity index (χ2v) is 6.31. The van der Waals surface area contributed by atoms with Gasteiger partial charge in [0.25, 0.3) is 5.56 Å². The molecule has 6 nitrogen and oxygen atoms in total. The number of hydrogen-bond donors (Lipinski definition) is 1. The highest BCUT2D eigenvalue weighted by atomic mass is 16.5. The van der Waals surface area contributed by atoms with Crippen molar-refractivity contribution in [1.29, 1.82) is 0 Å². The highest BCUT2D eigenvalue weighted by Crippen LogP contribution is 2.30. The molecule has 0 aliphatic rings. The van der Waals surface area contributed by atoms with Gasteiger partial charge in [0.15, 0.2) is 5.75 Å². The van der Waals surface area contributed by atoms with Crippen LogP contribution in [-0.4, -0.2) is 21.2 Å². The molecule has 3 rings (SSSR count). The van der Waals surface area contributed by atoms with Crippen LogP contribution in [0.2, 0.25) is 0 Å². The predicted octanol–water partition coefficient (Wildman–Crippen LogP) is 3.10. The number of nitrogen functional groups attached to an aromatic ring is 1. The number of imidazole rings is 1. The first-order valence-electron chi connectivity index (χ1n) is 8.47. The van der Waals surface area contributed by atoms with E-state index >= 15 is 0 Å². The summed E-state index contributed by atoms with van der Waals surface area (Å²) in [5.74, 6) is 1.28. The Balaban J connectivity index is 2.21. The number of hydrogen-bond acceptors (Lipinski definition) is 4. The molecular weight excluding hydrogens is 316 g/mol. The summed E-state index contributed by atoms with van der Waals surface area (Å²) < 4.78 is 8.93. The van der Waals surface area contributed by atoms with Crippen molar-refractivity contribution in [3.63, 3.8) is 0 Å². The lowest BCUT2D eigenvalue weighted by atomic mass is 10.1. The average Bonchev–Trinajstić information content (AvgIpc) is 2.91. The number of anilines is 1. The fraction of sp³-hybridized carbons (Fsp3) is 0.368. The van der Waals surface area contributed by atoms with Crippen molar-refractivity contribution in [2.24, 2.45) is 7.05 Å². The van der Waals surface area contributed by atoms with Gasteiger partial charge in [-0.3, -0.25) is 4.79 Å². The molecule has 0 aliphatic carbocycles. The van der Waals surface area contributed by atoms with Crippen molar-refractivity contribution in [2.45, 2.75) is 33.2 Å². The molecule has 0 spiro atoms. The molecule has 0 radical (unpaired) electrons. The van der Waals surface area contributed by atoms with Crippen molar-refractivity contribution in [1.82, 2.24) is 14.1 Å². The molecule has 2 heterocycles. The molecule has 2 aromatic heterocycles. The average molecular weight is 340 g/mol. The number of ether oxygens (including phenoxy) is 1. The Morgan fingerprint density at radius 1 is 1.24 bits per heavy atom. The van der Waals surface area contributed by atoms with Crippen molar-refractivity contribution >= 4 is 16.7 Å². The van der Waals surface area contributed by atoms with E-state index in [2.05, 4.69) is 22.5 Å². The SMILES string of the molecule is CCCCn1c(C)nc2c(N)cc(-c3cc(OC)c(=O)n(C)c3)cc21. The molecule has 0 fully saturated rings. The summed E-state index contributed by atoms with van der Waals surface area (Å²) in [7, 11) is 3.22.